The third-order valence-electron chi connectivity index (χ3n) is 3.00. The Morgan fingerprint density at radius 3 is 2.94 bits per heavy atom. The fourth-order valence-corrected chi connectivity index (χ4v) is 1.85. The summed E-state index contributed by atoms with van der Waals surface area (Å²) in [5.74, 6) is 3.32. The van der Waals surface area contributed by atoms with Gasteiger partial charge in [0.25, 0.3) is 0 Å². The van der Waals surface area contributed by atoms with E-state index in [2.05, 4.69) is 27.2 Å². The molecule has 1 fully saturated rings. The average molecular weight is 243 g/mol. The van der Waals surface area contributed by atoms with Gasteiger partial charge in [0.15, 0.2) is 0 Å². The molecule has 0 aromatic carbocycles. The van der Waals surface area contributed by atoms with Crippen LogP contribution in [-0.4, -0.2) is 26.1 Å². The summed E-state index contributed by atoms with van der Waals surface area (Å²) in [6.07, 6.45) is 8.94. The second-order valence-corrected chi connectivity index (χ2v) is 4.64. The van der Waals surface area contributed by atoms with Crippen LogP contribution >= 0.6 is 0 Å². The maximum Gasteiger partial charge on any atom is 0.143 e. The zero-order valence-electron chi connectivity index (χ0n) is 10.5. The van der Waals surface area contributed by atoms with Crippen molar-refractivity contribution in [2.45, 2.75) is 32.1 Å². The molecule has 0 spiro atoms. The lowest BCUT2D eigenvalue weighted by Crippen LogP contribution is -2.07. The van der Waals surface area contributed by atoms with Gasteiger partial charge in [0, 0.05) is 30.9 Å². The van der Waals surface area contributed by atoms with Crippen molar-refractivity contribution < 1.29 is 0 Å². The smallest absolute Gasteiger partial charge is 0.143 e. The van der Waals surface area contributed by atoms with E-state index in [-0.39, 0.29) is 0 Å². The monoisotopic (exact) mass is 243 g/mol. The topological polar surface area (TPSA) is 55.6 Å². The van der Waals surface area contributed by atoms with E-state index in [0.717, 1.165) is 30.4 Å². The molecule has 2 aromatic heterocycles. The summed E-state index contributed by atoms with van der Waals surface area (Å²) in [6.45, 7) is 3.08. The Bertz CT molecular complexity index is 516. The highest BCUT2D eigenvalue weighted by atomic mass is 15.1. The summed E-state index contributed by atoms with van der Waals surface area (Å²) in [4.78, 5) is 13.3. The van der Waals surface area contributed by atoms with Crippen LogP contribution in [0.5, 0.6) is 0 Å². The molecule has 3 rings (SSSR count). The minimum atomic E-state index is 0.552. The van der Waals surface area contributed by atoms with E-state index in [4.69, 9.17) is 0 Å². The highest BCUT2D eigenvalue weighted by molar-refractivity contribution is 5.42. The maximum atomic E-state index is 4.62. The first-order chi connectivity index (χ1) is 8.86. The van der Waals surface area contributed by atoms with Gasteiger partial charge in [0.1, 0.15) is 23.8 Å². The van der Waals surface area contributed by atoms with Crippen molar-refractivity contribution in [2.75, 3.05) is 11.9 Å². The number of imidazole rings is 1. The van der Waals surface area contributed by atoms with E-state index < -0.39 is 0 Å². The predicted octanol–water partition coefficient (Wildman–Crippen LogP) is 2.36. The minimum Gasteiger partial charge on any atom is -0.370 e. The third-order valence-corrected chi connectivity index (χ3v) is 3.00. The van der Waals surface area contributed by atoms with Crippen LogP contribution in [0.15, 0.2) is 24.8 Å². The highest BCUT2D eigenvalue weighted by Gasteiger charge is 2.27. The second kappa shape index (κ2) is 4.76. The molecule has 0 bridgehead atoms. The predicted molar refractivity (Wildman–Crippen MR) is 69.9 cm³/mol. The van der Waals surface area contributed by atoms with E-state index in [1.807, 2.05) is 16.8 Å². The van der Waals surface area contributed by atoms with Gasteiger partial charge >= 0.3 is 0 Å². The molecule has 1 aliphatic rings. The summed E-state index contributed by atoms with van der Waals surface area (Å²) >= 11 is 0. The van der Waals surface area contributed by atoms with Crippen molar-refractivity contribution in [3.63, 3.8) is 0 Å². The van der Waals surface area contributed by atoms with Gasteiger partial charge in [-0.15, -0.1) is 0 Å². The van der Waals surface area contributed by atoms with Crippen molar-refractivity contribution in [1.29, 1.82) is 0 Å². The van der Waals surface area contributed by atoms with Gasteiger partial charge in [-0.05, 0) is 19.3 Å². The van der Waals surface area contributed by atoms with E-state index in [0.29, 0.717) is 5.92 Å². The Kier molecular flexibility index (Phi) is 2.96. The quantitative estimate of drug-likeness (QED) is 0.875. The van der Waals surface area contributed by atoms with Crippen LogP contribution in [0, 0.1) is 0 Å². The Morgan fingerprint density at radius 1 is 1.39 bits per heavy atom. The Hall–Kier alpha value is -1.91. The first-order valence-electron chi connectivity index (χ1n) is 6.48. The molecule has 0 radical (unpaired) electrons. The molecule has 2 heterocycles. The van der Waals surface area contributed by atoms with Crippen LogP contribution < -0.4 is 5.32 Å². The van der Waals surface area contributed by atoms with Gasteiger partial charge in [-0.3, -0.25) is 4.57 Å². The highest BCUT2D eigenvalue weighted by Crippen LogP contribution is 2.38. The minimum absolute atomic E-state index is 0.552. The van der Waals surface area contributed by atoms with Gasteiger partial charge < -0.3 is 5.32 Å². The largest absolute Gasteiger partial charge is 0.370 e. The van der Waals surface area contributed by atoms with Gasteiger partial charge in [0.05, 0.1) is 0 Å². The van der Waals surface area contributed by atoms with E-state index in [9.17, 15) is 0 Å². The summed E-state index contributed by atoms with van der Waals surface area (Å²) in [6, 6.07) is 1.98. The molecule has 18 heavy (non-hydrogen) atoms. The van der Waals surface area contributed by atoms with Crippen molar-refractivity contribution >= 4 is 5.82 Å². The molecule has 1 saturated carbocycles. The SMILES string of the molecule is CCCNc1cc(-n2ccnc2)nc(C2CC2)n1. The van der Waals surface area contributed by atoms with Crippen LogP contribution in [-0.2, 0) is 0 Å². The summed E-state index contributed by atoms with van der Waals surface area (Å²) < 4.78 is 1.92. The Morgan fingerprint density at radius 2 is 2.28 bits per heavy atom. The maximum absolute atomic E-state index is 4.62. The standard InChI is InChI=1S/C13H17N5/c1-2-5-15-11-8-12(18-7-6-14-9-18)17-13(16-11)10-3-4-10/h6-10H,2-5H2,1H3,(H,15,16,17). The molecule has 0 amide bonds. The average Bonchev–Trinajstić information content (AvgIpc) is 3.11. The van der Waals surface area contributed by atoms with E-state index in [1.165, 1.54) is 12.8 Å². The lowest BCUT2D eigenvalue weighted by Gasteiger charge is -2.09. The number of aromatic nitrogens is 4. The Balaban J connectivity index is 1.94. The molecule has 5 heteroatoms. The number of anilines is 1. The third kappa shape index (κ3) is 2.34. The van der Waals surface area contributed by atoms with Crippen LogP contribution in [0.25, 0.3) is 5.82 Å². The molecule has 94 valence electrons. The van der Waals surface area contributed by atoms with Crippen molar-refractivity contribution in [1.82, 2.24) is 19.5 Å². The van der Waals surface area contributed by atoms with Crippen LogP contribution in [0.3, 0.4) is 0 Å². The number of rotatable bonds is 5. The lowest BCUT2D eigenvalue weighted by molar-refractivity contribution is 0.870. The van der Waals surface area contributed by atoms with E-state index >= 15 is 0 Å². The number of nitrogens with one attached hydrogen (secondary N) is 1. The molecule has 0 atom stereocenters. The fourth-order valence-electron chi connectivity index (χ4n) is 1.85. The van der Waals surface area contributed by atoms with Gasteiger partial charge in [-0.1, -0.05) is 6.92 Å². The summed E-state index contributed by atoms with van der Waals surface area (Å²) in [5.41, 5.74) is 0. The van der Waals surface area contributed by atoms with Gasteiger partial charge in [-0.25, -0.2) is 15.0 Å². The molecule has 1 N–H and O–H groups in total. The molecule has 0 aliphatic heterocycles. The van der Waals surface area contributed by atoms with E-state index in [1.54, 1.807) is 12.5 Å². The van der Waals surface area contributed by atoms with Crippen LogP contribution in [0.1, 0.15) is 37.9 Å². The number of nitrogens with zero attached hydrogens (tertiary/aromatic N) is 4. The van der Waals surface area contributed by atoms with Gasteiger partial charge in [-0.2, -0.15) is 0 Å². The molecular weight excluding hydrogens is 226 g/mol. The van der Waals surface area contributed by atoms with Crippen molar-refractivity contribution in [2.24, 2.45) is 0 Å². The van der Waals surface area contributed by atoms with Crippen LogP contribution in [0.2, 0.25) is 0 Å². The normalized spacial score (nSPS) is 14.7. The molecule has 2 aromatic rings. The molecular formula is C13H17N5. The van der Waals surface area contributed by atoms with Gasteiger partial charge in [0.2, 0.25) is 0 Å². The zero-order valence-corrected chi connectivity index (χ0v) is 10.5. The summed E-state index contributed by atoms with van der Waals surface area (Å²) in [5, 5.41) is 3.33. The van der Waals surface area contributed by atoms with Crippen molar-refractivity contribution in [3.05, 3.63) is 30.6 Å². The molecule has 0 unspecified atom stereocenters. The first kappa shape index (κ1) is 11.2. The summed E-state index contributed by atoms with van der Waals surface area (Å²) in [7, 11) is 0. The molecule has 5 nitrogen and oxygen atoms in total. The Labute approximate surface area is 106 Å². The fraction of sp³-hybridized carbons (Fsp3) is 0.462. The molecule has 1 aliphatic carbocycles. The zero-order chi connectivity index (χ0) is 12.4. The lowest BCUT2D eigenvalue weighted by atomic mass is 10.3. The molecule has 0 saturated heterocycles. The first-order valence-corrected chi connectivity index (χ1v) is 6.48. The second-order valence-electron chi connectivity index (χ2n) is 4.64. The van der Waals surface area contributed by atoms with Crippen LogP contribution in [0.4, 0.5) is 5.82 Å². The van der Waals surface area contributed by atoms with Crippen molar-refractivity contribution in [3.8, 4) is 5.82 Å². The number of hydrogen-bond donors (Lipinski definition) is 1. The number of hydrogen-bond acceptors (Lipinski definition) is 4.